The highest BCUT2D eigenvalue weighted by Gasteiger charge is 2.55. The van der Waals surface area contributed by atoms with E-state index in [0.29, 0.717) is 0 Å². The van der Waals surface area contributed by atoms with E-state index in [2.05, 4.69) is 0 Å². The summed E-state index contributed by atoms with van der Waals surface area (Å²) in [5, 5.41) is 9.19. The Morgan fingerprint density at radius 1 is 1.60 bits per heavy atom. The molecule has 10 heavy (non-hydrogen) atoms. The summed E-state index contributed by atoms with van der Waals surface area (Å²) in [6.07, 6.45) is 1.14. The monoisotopic (exact) mass is 144 g/mol. The number of hydrogen-bond acceptors (Lipinski definition) is 1. The summed E-state index contributed by atoms with van der Waals surface area (Å²) in [4.78, 5) is 0. The van der Waals surface area contributed by atoms with Crippen LogP contribution >= 0.6 is 0 Å². The SMILES string of the molecule is C/C(F)=C\C1C(O)C1(C)C. The van der Waals surface area contributed by atoms with Gasteiger partial charge in [-0.15, -0.1) is 0 Å². The van der Waals surface area contributed by atoms with Gasteiger partial charge in [0.25, 0.3) is 0 Å². The van der Waals surface area contributed by atoms with Crippen molar-refractivity contribution in [3.8, 4) is 0 Å². The molecule has 0 aliphatic heterocycles. The van der Waals surface area contributed by atoms with Crippen LogP contribution in [0.25, 0.3) is 0 Å². The first-order chi connectivity index (χ1) is 4.46. The summed E-state index contributed by atoms with van der Waals surface area (Å²) in [5.41, 5.74) is -0.104. The van der Waals surface area contributed by atoms with Crippen LogP contribution in [-0.4, -0.2) is 11.2 Å². The number of allylic oxidation sites excluding steroid dienone is 1. The highest BCUT2D eigenvalue weighted by Crippen LogP contribution is 2.52. The summed E-state index contributed by atoms with van der Waals surface area (Å²) in [6, 6.07) is 0. The highest BCUT2D eigenvalue weighted by molar-refractivity contribution is 5.16. The van der Waals surface area contributed by atoms with Crippen molar-refractivity contribution in [1.29, 1.82) is 0 Å². The first-order valence-corrected chi connectivity index (χ1v) is 3.48. The average molecular weight is 144 g/mol. The Labute approximate surface area is 60.6 Å². The molecule has 0 aromatic carbocycles. The second-order valence-electron chi connectivity index (χ2n) is 3.55. The average Bonchev–Trinajstić information content (AvgIpc) is 2.17. The van der Waals surface area contributed by atoms with Gasteiger partial charge in [-0.2, -0.15) is 0 Å². The molecule has 1 saturated carbocycles. The first-order valence-electron chi connectivity index (χ1n) is 3.48. The molecule has 0 heterocycles. The minimum atomic E-state index is -0.349. The van der Waals surface area contributed by atoms with Gasteiger partial charge in [0.1, 0.15) is 0 Å². The minimum Gasteiger partial charge on any atom is -0.392 e. The summed E-state index contributed by atoms with van der Waals surface area (Å²) in [7, 11) is 0. The van der Waals surface area contributed by atoms with Gasteiger partial charge in [0.05, 0.1) is 11.9 Å². The molecule has 0 radical (unpaired) electrons. The number of aliphatic hydroxyl groups is 1. The lowest BCUT2D eigenvalue weighted by Crippen LogP contribution is -1.91. The zero-order valence-corrected chi connectivity index (χ0v) is 6.56. The Balaban J connectivity index is 2.58. The van der Waals surface area contributed by atoms with Crippen LogP contribution < -0.4 is 0 Å². The second kappa shape index (κ2) is 2.06. The maximum atomic E-state index is 12.3. The molecule has 58 valence electrons. The molecule has 0 aromatic rings. The maximum absolute atomic E-state index is 12.3. The van der Waals surface area contributed by atoms with Crippen LogP contribution in [0.5, 0.6) is 0 Å². The van der Waals surface area contributed by atoms with E-state index in [4.69, 9.17) is 0 Å². The lowest BCUT2D eigenvalue weighted by atomic mass is 10.1. The van der Waals surface area contributed by atoms with Gasteiger partial charge >= 0.3 is 0 Å². The molecular weight excluding hydrogens is 131 g/mol. The lowest BCUT2D eigenvalue weighted by molar-refractivity contribution is 0.232. The van der Waals surface area contributed by atoms with Crippen LogP contribution in [0.15, 0.2) is 11.9 Å². The van der Waals surface area contributed by atoms with Crippen molar-refractivity contribution in [2.24, 2.45) is 11.3 Å². The molecule has 2 atom stereocenters. The number of hydrogen-bond donors (Lipinski definition) is 1. The molecular formula is C8H13FO. The van der Waals surface area contributed by atoms with Gasteiger partial charge in [-0.25, -0.2) is 4.39 Å². The Hall–Kier alpha value is -0.370. The van der Waals surface area contributed by atoms with Gasteiger partial charge in [-0.3, -0.25) is 0 Å². The van der Waals surface area contributed by atoms with Crippen molar-refractivity contribution in [2.75, 3.05) is 0 Å². The molecule has 1 aliphatic carbocycles. The van der Waals surface area contributed by atoms with Crippen LogP contribution in [-0.2, 0) is 0 Å². The normalized spacial score (nSPS) is 37.9. The van der Waals surface area contributed by atoms with Gasteiger partial charge in [-0.1, -0.05) is 13.8 Å². The van der Waals surface area contributed by atoms with E-state index < -0.39 is 0 Å². The van der Waals surface area contributed by atoms with Crippen molar-refractivity contribution >= 4 is 0 Å². The minimum absolute atomic E-state index is 0.0255. The van der Waals surface area contributed by atoms with E-state index in [1.54, 1.807) is 0 Å². The zero-order chi connectivity index (χ0) is 7.94. The van der Waals surface area contributed by atoms with E-state index in [1.807, 2.05) is 13.8 Å². The van der Waals surface area contributed by atoms with E-state index in [-0.39, 0.29) is 23.3 Å². The molecule has 1 nitrogen and oxygen atoms in total. The topological polar surface area (TPSA) is 20.2 Å². The van der Waals surface area contributed by atoms with Crippen molar-refractivity contribution in [3.63, 3.8) is 0 Å². The zero-order valence-electron chi connectivity index (χ0n) is 6.56. The van der Waals surface area contributed by atoms with E-state index in [0.717, 1.165) is 0 Å². The van der Waals surface area contributed by atoms with E-state index in [1.165, 1.54) is 13.0 Å². The summed E-state index contributed by atoms with van der Waals surface area (Å²) >= 11 is 0. The highest BCUT2D eigenvalue weighted by atomic mass is 19.1. The quantitative estimate of drug-likeness (QED) is 0.595. The smallest absolute Gasteiger partial charge is 0.0932 e. The third-order valence-electron chi connectivity index (χ3n) is 2.26. The van der Waals surface area contributed by atoms with Crippen molar-refractivity contribution in [2.45, 2.75) is 26.9 Å². The molecule has 0 aromatic heterocycles. The van der Waals surface area contributed by atoms with Crippen LogP contribution in [0.3, 0.4) is 0 Å². The predicted molar refractivity (Wildman–Crippen MR) is 38.1 cm³/mol. The summed E-state index contributed by atoms with van der Waals surface area (Å²) in [5.74, 6) is -0.174. The molecule has 1 N–H and O–H groups in total. The number of rotatable bonds is 1. The third kappa shape index (κ3) is 1.08. The Morgan fingerprint density at radius 3 is 2.10 bits per heavy atom. The van der Waals surface area contributed by atoms with Crippen LogP contribution in [0.1, 0.15) is 20.8 Å². The predicted octanol–water partition coefficient (Wildman–Crippen LogP) is 1.88. The fourth-order valence-corrected chi connectivity index (χ4v) is 1.20. The van der Waals surface area contributed by atoms with Crippen LogP contribution in [0.4, 0.5) is 4.39 Å². The number of aliphatic hydroxyl groups excluding tert-OH is 1. The Bertz CT molecular complexity index is 168. The van der Waals surface area contributed by atoms with Gasteiger partial charge in [0, 0.05) is 11.3 Å². The van der Waals surface area contributed by atoms with Crippen molar-refractivity contribution < 1.29 is 9.50 Å². The van der Waals surface area contributed by atoms with Gasteiger partial charge in [0.2, 0.25) is 0 Å². The molecule has 1 rings (SSSR count). The largest absolute Gasteiger partial charge is 0.392 e. The molecule has 1 aliphatic rings. The van der Waals surface area contributed by atoms with Gasteiger partial charge in [0.15, 0.2) is 0 Å². The van der Waals surface area contributed by atoms with Crippen molar-refractivity contribution in [1.82, 2.24) is 0 Å². The molecule has 0 bridgehead atoms. The summed E-state index contributed by atoms with van der Waals surface area (Å²) in [6.45, 7) is 5.27. The van der Waals surface area contributed by atoms with Gasteiger partial charge in [-0.05, 0) is 13.0 Å². The molecule has 2 heteroatoms. The first kappa shape index (κ1) is 7.73. The molecule has 0 spiro atoms. The standard InChI is InChI=1S/C8H13FO/c1-5(9)4-6-7(10)8(6,2)3/h4,6-7,10H,1-3H3/b5-4+. The fraction of sp³-hybridized carbons (Fsp3) is 0.750. The fourth-order valence-electron chi connectivity index (χ4n) is 1.20. The Morgan fingerprint density at radius 2 is 2.00 bits per heavy atom. The van der Waals surface area contributed by atoms with E-state index in [9.17, 15) is 9.50 Å². The summed E-state index contributed by atoms with van der Waals surface area (Å²) < 4.78 is 12.3. The second-order valence-corrected chi connectivity index (χ2v) is 3.55. The number of halogens is 1. The van der Waals surface area contributed by atoms with Crippen LogP contribution in [0, 0.1) is 11.3 Å². The molecule has 0 amide bonds. The van der Waals surface area contributed by atoms with Crippen molar-refractivity contribution in [3.05, 3.63) is 11.9 Å². The molecule has 0 saturated heterocycles. The van der Waals surface area contributed by atoms with E-state index >= 15 is 0 Å². The maximum Gasteiger partial charge on any atom is 0.0932 e. The lowest BCUT2D eigenvalue weighted by Gasteiger charge is -1.94. The molecule has 2 unspecified atom stereocenters. The molecule has 1 fully saturated rings. The van der Waals surface area contributed by atoms with Gasteiger partial charge < -0.3 is 5.11 Å². The third-order valence-corrected chi connectivity index (χ3v) is 2.26. The Kier molecular flexibility index (Phi) is 1.59. The van der Waals surface area contributed by atoms with Crippen LogP contribution in [0.2, 0.25) is 0 Å².